The maximum absolute atomic E-state index is 12.9. The highest BCUT2D eigenvalue weighted by atomic mass is 32.1. The van der Waals surface area contributed by atoms with Crippen molar-refractivity contribution in [1.29, 1.82) is 0 Å². The van der Waals surface area contributed by atoms with Crippen LogP contribution in [0.2, 0.25) is 0 Å². The maximum atomic E-state index is 12.9. The lowest BCUT2D eigenvalue weighted by Gasteiger charge is -2.21. The Balaban J connectivity index is 1.73. The van der Waals surface area contributed by atoms with Crippen LogP contribution in [0.25, 0.3) is 0 Å². The molecule has 1 amide bonds. The topological polar surface area (TPSA) is 109 Å². The highest BCUT2D eigenvalue weighted by Gasteiger charge is 2.37. The Morgan fingerprint density at radius 3 is 2.74 bits per heavy atom. The molecule has 1 atom stereocenters. The summed E-state index contributed by atoms with van der Waals surface area (Å²) in [4.78, 5) is 23.9. The quantitative estimate of drug-likeness (QED) is 0.542. The number of nitrogens with zero attached hydrogens (tertiary/aromatic N) is 3. The minimum Gasteiger partial charge on any atom is -0.508 e. The number of nitro groups is 1. The second kappa shape index (κ2) is 6.69. The lowest BCUT2D eigenvalue weighted by atomic mass is 10.00. The van der Waals surface area contributed by atoms with Crippen LogP contribution >= 0.6 is 11.3 Å². The Morgan fingerprint density at radius 1 is 1.26 bits per heavy atom. The lowest BCUT2D eigenvalue weighted by Crippen LogP contribution is -2.26. The Hall–Kier alpha value is -3.46. The van der Waals surface area contributed by atoms with E-state index in [2.05, 4.69) is 5.10 Å². The van der Waals surface area contributed by atoms with E-state index in [1.54, 1.807) is 24.3 Å². The number of rotatable bonds is 4. The molecule has 3 heterocycles. The summed E-state index contributed by atoms with van der Waals surface area (Å²) in [6.07, 6.45) is 0.409. The number of amides is 1. The molecule has 1 unspecified atom stereocenters. The molecule has 0 aliphatic carbocycles. The molecule has 0 spiro atoms. The molecule has 1 aliphatic heterocycles. The van der Waals surface area contributed by atoms with Gasteiger partial charge in [-0.15, -0.1) is 11.3 Å². The van der Waals surface area contributed by atoms with Crippen molar-refractivity contribution < 1.29 is 19.2 Å². The van der Waals surface area contributed by atoms with E-state index in [0.29, 0.717) is 17.7 Å². The Morgan fingerprint density at radius 2 is 2.07 bits per heavy atom. The molecule has 0 fully saturated rings. The second-order valence-electron chi connectivity index (χ2n) is 5.85. The number of furan rings is 1. The van der Waals surface area contributed by atoms with E-state index in [1.165, 1.54) is 22.4 Å². The van der Waals surface area contributed by atoms with Gasteiger partial charge in [0, 0.05) is 12.0 Å². The normalized spacial score (nSPS) is 16.4. The van der Waals surface area contributed by atoms with Crippen molar-refractivity contribution in [2.75, 3.05) is 0 Å². The van der Waals surface area contributed by atoms with E-state index in [0.717, 1.165) is 10.9 Å². The number of thiophene rings is 1. The molecule has 0 saturated heterocycles. The minimum absolute atomic E-state index is 0.0494. The van der Waals surface area contributed by atoms with Crippen molar-refractivity contribution in [3.63, 3.8) is 0 Å². The van der Waals surface area contributed by atoms with Gasteiger partial charge in [0.25, 0.3) is 0 Å². The summed E-state index contributed by atoms with van der Waals surface area (Å²) < 4.78 is 5.04. The zero-order valence-electron chi connectivity index (χ0n) is 13.8. The first-order valence-corrected chi connectivity index (χ1v) is 8.89. The first kappa shape index (κ1) is 17.0. The van der Waals surface area contributed by atoms with Crippen LogP contribution in [-0.4, -0.2) is 26.7 Å². The average molecular weight is 383 g/mol. The molecule has 9 heteroatoms. The van der Waals surface area contributed by atoms with E-state index in [1.807, 2.05) is 17.5 Å². The maximum Gasteiger partial charge on any atom is 0.433 e. The first-order valence-electron chi connectivity index (χ1n) is 8.01. The van der Waals surface area contributed by atoms with Crippen LogP contribution in [0.3, 0.4) is 0 Å². The number of benzene rings is 1. The van der Waals surface area contributed by atoms with Crippen molar-refractivity contribution >= 4 is 28.8 Å². The molecular weight excluding hydrogens is 370 g/mol. The highest BCUT2D eigenvalue weighted by molar-refractivity contribution is 7.12. The molecule has 27 heavy (non-hydrogen) atoms. The average Bonchev–Trinajstić information content (AvgIpc) is 3.40. The molecule has 136 valence electrons. The number of hydrogen-bond acceptors (Lipinski definition) is 7. The summed E-state index contributed by atoms with van der Waals surface area (Å²) in [6.45, 7) is 0. The van der Waals surface area contributed by atoms with Gasteiger partial charge >= 0.3 is 11.8 Å². The number of phenolic OH excluding ortho intramolecular Hbond substituents is 1. The summed E-state index contributed by atoms with van der Waals surface area (Å²) >= 11 is 1.50. The number of para-hydroxylation sites is 1. The lowest BCUT2D eigenvalue weighted by molar-refractivity contribution is -0.402. The van der Waals surface area contributed by atoms with Gasteiger partial charge < -0.3 is 9.52 Å². The summed E-state index contributed by atoms with van der Waals surface area (Å²) in [5.74, 6) is -1.26. The van der Waals surface area contributed by atoms with Crippen LogP contribution in [0.1, 0.15) is 33.5 Å². The number of aromatic hydroxyl groups is 1. The molecule has 0 bridgehead atoms. The van der Waals surface area contributed by atoms with Gasteiger partial charge in [-0.1, -0.05) is 24.3 Å². The van der Waals surface area contributed by atoms with Crippen LogP contribution in [0.4, 0.5) is 5.88 Å². The molecular formula is C18H13N3O5S. The van der Waals surface area contributed by atoms with Crippen LogP contribution < -0.4 is 0 Å². The fraction of sp³-hybridized carbons (Fsp3) is 0.111. The van der Waals surface area contributed by atoms with Gasteiger partial charge in [-0.3, -0.25) is 14.9 Å². The first-order chi connectivity index (χ1) is 13.0. The Bertz CT molecular complexity index is 1040. The third-order valence-corrected chi connectivity index (χ3v) is 5.12. The Kier molecular flexibility index (Phi) is 4.21. The van der Waals surface area contributed by atoms with E-state index < -0.39 is 22.8 Å². The summed E-state index contributed by atoms with van der Waals surface area (Å²) in [6, 6.07) is 12.3. The molecule has 1 N–H and O–H groups in total. The molecule has 3 aromatic rings. The van der Waals surface area contributed by atoms with Gasteiger partial charge in [0.2, 0.25) is 5.76 Å². The highest BCUT2D eigenvalue weighted by Crippen LogP contribution is 2.38. The molecule has 4 rings (SSSR count). The van der Waals surface area contributed by atoms with Crippen molar-refractivity contribution in [2.45, 2.75) is 12.5 Å². The number of carbonyl (C=O) groups excluding carboxylic acids is 1. The predicted octanol–water partition coefficient (Wildman–Crippen LogP) is 3.95. The smallest absolute Gasteiger partial charge is 0.433 e. The fourth-order valence-corrected chi connectivity index (χ4v) is 3.68. The van der Waals surface area contributed by atoms with Crippen LogP contribution in [-0.2, 0) is 0 Å². The van der Waals surface area contributed by atoms with Gasteiger partial charge in [-0.2, -0.15) is 5.10 Å². The van der Waals surface area contributed by atoms with Crippen LogP contribution in [0, 0.1) is 10.1 Å². The Labute approximate surface area is 157 Å². The van der Waals surface area contributed by atoms with Crippen LogP contribution in [0.5, 0.6) is 5.75 Å². The summed E-state index contributed by atoms with van der Waals surface area (Å²) in [5.41, 5.74) is 1.25. The van der Waals surface area contributed by atoms with Crippen molar-refractivity contribution in [2.24, 2.45) is 5.10 Å². The van der Waals surface area contributed by atoms with Crippen molar-refractivity contribution in [1.82, 2.24) is 5.01 Å². The zero-order valence-corrected chi connectivity index (χ0v) is 14.6. The van der Waals surface area contributed by atoms with Gasteiger partial charge in [0.15, 0.2) is 0 Å². The molecule has 0 saturated carbocycles. The number of hydrogen-bond donors (Lipinski definition) is 1. The van der Waals surface area contributed by atoms with E-state index >= 15 is 0 Å². The van der Waals surface area contributed by atoms with Crippen molar-refractivity contribution in [3.05, 3.63) is 80.2 Å². The third kappa shape index (κ3) is 3.08. The van der Waals surface area contributed by atoms with E-state index in [9.17, 15) is 20.0 Å². The summed E-state index contributed by atoms with van der Waals surface area (Å²) in [7, 11) is 0. The van der Waals surface area contributed by atoms with Gasteiger partial charge in [0.05, 0.1) is 22.7 Å². The summed E-state index contributed by atoms with van der Waals surface area (Å²) in [5, 5.41) is 28.6. The largest absolute Gasteiger partial charge is 0.508 e. The van der Waals surface area contributed by atoms with Gasteiger partial charge in [0.1, 0.15) is 10.7 Å². The van der Waals surface area contributed by atoms with Gasteiger partial charge in [-0.25, -0.2) is 5.01 Å². The molecule has 0 radical (unpaired) electrons. The van der Waals surface area contributed by atoms with Crippen LogP contribution in [0.15, 0.2) is 63.4 Å². The van der Waals surface area contributed by atoms with E-state index in [4.69, 9.17) is 4.42 Å². The van der Waals surface area contributed by atoms with E-state index in [-0.39, 0.29) is 11.5 Å². The molecule has 2 aromatic heterocycles. The third-order valence-electron chi connectivity index (χ3n) is 4.20. The van der Waals surface area contributed by atoms with Gasteiger partial charge in [-0.05, 0) is 23.6 Å². The predicted molar refractivity (Wildman–Crippen MR) is 97.9 cm³/mol. The number of carbonyl (C=O) groups is 1. The van der Waals surface area contributed by atoms with Crippen molar-refractivity contribution in [3.8, 4) is 5.75 Å². The number of hydrazone groups is 1. The standard InChI is InChI=1S/C18H13N3O5S/c22-14-5-2-1-4-11(14)13-10-12(16-6-3-9-27-16)19-20(13)18(23)15-7-8-17(26-15)21(24)25/h1-9,13,22H,10H2. The minimum atomic E-state index is -0.707. The zero-order chi connectivity index (χ0) is 19.0. The fourth-order valence-electron chi connectivity index (χ4n) is 2.95. The molecule has 1 aliphatic rings. The molecule has 1 aromatic carbocycles. The SMILES string of the molecule is O=C(c1ccc([N+](=O)[O-])o1)N1N=C(c2cccs2)CC1c1ccccc1O. The molecule has 8 nitrogen and oxygen atoms in total. The second-order valence-corrected chi connectivity index (χ2v) is 6.80. The number of phenols is 1. The monoisotopic (exact) mass is 383 g/mol.